The van der Waals surface area contributed by atoms with Crippen LogP contribution in [0, 0.1) is 5.92 Å². The summed E-state index contributed by atoms with van der Waals surface area (Å²) < 4.78 is 5.36. The van der Waals surface area contributed by atoms with Gasteiger partial charge in [0.05, 0.1) is 19.7 Å². The largest absolute Gasteiger partial charge is 0.497 e. The molecule has 2 aliphatic rings. The second-order valence-corrected chi connectivity index (χ2v) is 6.91. The molecule has 0 bridgehead atoms. The van der Waals surface area contributed by atoms with Crippen LogP contribution in [-0.4, -0.2) is 50.6 Å². The standard InChI is InChI=1S/C19H29N3O2.2ClH/c1-24-17-6-4-5-16(11-17)18(22-9-2-3-10-22)13-21-19(23)14-20-12-15-7-8-15;;/h4-6,11,15,18,20H,2-3,7-10,12-14H2,1H3,(H,21,23);2*1H. The Morgan fingerprint density at radius 1 is 1.27 bits per heavy atom. The number of amides is 1. The van der Waals surface area contributed by atoms with E-state index in [4.69, 9.17) is 4.74 Å². The third-order valence-electron chi connectivity index (χ3n) is 4.97. The van der Waals surface area contributed by atoms with Crippen LogP contribution >= 0.6 is 24.8 Å². The molecular weight excluding hydrogens is 373 g/mol. The molecule has 1 atom stereocenters. The fourth-order valence-electron chi connectivity index (χ4n) is 3.34. The molecule has 1 saturated carbocycles. The molecule has 1 aliphatic carbocycles. The van der Waals surface area contributed by atoms with Gasteiger partial charge in [-0.2, -0.15) is 0 Å². The zero-order valence-corrected chi connectivity index (χ0v) is 17.0. The number of methoxy groups -OCH3 is 1. The molecule has 1 aromatic carbocycles. The minimum atomic E-state index is 0. The van der Waals surface area contributed by atoms with E-state index in [2.05, 4.69) is 27.7 Å². The quantitative estimate of drug-likeness (QED) is 0.665. The van der Waals surface area contributed by atoms with E-state index in [0.29, 0.717) is 13.1 Å². The van der Waals surface area contributed by atoms with Gasteiger partial charge in [0.1, 0.15) is 5.75 Å². The van der Waals surface area contributed by atoms with E-state index in [1.54, 1.807) is 7.11 Å². The maximum absolute atomic E-state index is 12.1. The number of hydrogen-bond donors (Lipinski definition) is 2. The highest BCUT2D eigenvalue weighted by Crippen LogP contribution is 2.28. The lowest BCUT2D eigenvalue weighted by atomic mass is 10.0. The van der Waals surface area contributed by atoms with Crippen molar-refractivity contribution < 1.29 is 9.53 Å². The number of carbonyl (C=O) groups excluding carboxylic acids is 1. The molecule has 1 heterocycles. The van der Waals surface area contributed by atoms with Crippen molar-refractivity contribution in [1.82, 2.24) is 15.5 Å². The van der Waals surface area contributed by atoms with Crippen LogP contribution < -0.4 is 15.4 Å². The Balaban J connectivity index is 0.00000169. The lowest BCUT2D eigenvalue weighted by Gasteiger charge is -2.28. The molecule has 3 rings (SSSR count). The average molecular weight is 404 g/mol. The van der Waals surface area contributed by atoms with Gasteiger partial charge in [0.25, 0.3) is 0 Å². The summed E-state index contributed by atoms with van der Waals surface area (Å²) in [5.74, 6) is 1.75. The van der Waals surface area contributed by atoms with Gasteiger partial charge in [0.15, 0.2) is 0 Å². The van der Waals surface area contributed by atoms with E-state index in [1.165, 1.54) is 31.2 Å². The third-order valence-corrected chi connectivity index (χ3v) is 4.97. The molecule has 1 unspecified atom stereocenters. The Morgan fingerprint density at radius 2 is 2.00 bits per heavy atom. The third kappa shape index (κ3) is 6.95. The van der Waals surface area contributed by atoms with Crippen LogP contribution in [0.3, 0.4) is 0 Å². The van der Waals surface area contributed by atoms with E-state index in [0.717, 1.165) is 31.3 Å². The molecule has 0 aromatic heterocycles. The lowest BCUT2D eigenvalue weighted by molar-refractivity contribution is -0.120. The highest BCUT2D eigenvalue weighted by molar-refractivity contribution is 5.85. The number of benzene rings is 1. The summed E-state index contributed by atoms with van der Waals surface area (Å²) in [6, 6.07) is 8.42. The predicted octanol–water partition coefficient (Wildman–Crippen LogP) is 2.79. The zero-order valence-electron chi connectivity index (χ0n) is 15.4. The van der Waals surface area contributed by atoms with Crippen molar-refractivity contribution in [2.24, 2.45) is 5.92 Å². The maximum atomic E-state index is 12.1. The van der Waals surface area contributed by atoms with Gasteiger partial charge in [-0.25, -0.2) is 0 Å². The Kier molecular flexibility index (Phi) is 10.3. The molecule has 1 saturated heterocycles. The molecule has 0 radical (unpaired) electrons. The topological polar surface area (TPSA) is 53.6 Å². The Labute approximate surface area is 169 Å². The van der Waals surface area contributed by atoms with Crippen LogP contribution in [0.2, 0.25) is 0 Å². The summed E-state index contributed by atoms with van der Waals surface area (Å²) in [6.07, 6.45) is 5.08. The van der Waals surface area contributed by atoms with E-state index >= 15 is 0 Å². The molecule has 7 heteroatoms. The smallest absolute Gasteiger partial charge is 0.234 e. The first-order chi connectivity index (χ1) is 11.8. The van der Waals surface area contributed by atoms with Crippen molar-refractivity contribution in [3.63, 3.8) is 0 Å². The Morgan fingerprint density at radius 3 is 2.65 bits per heavy atom. The van der Waals surface area contributed by atoms with Crippen molar-refractivity contribution in [2.45, 2.75) is 31.7 Å². The second kappa shape index (κ2) is 11.7. The van der Waals surface area contributed by atoms with Gasteiger partial charge < -0.3 is 15.4 Å². The van der Waals surface area contributed by atoms with Crippen molar-refractivity contribution >= 4 is 30.7 Å². The molecule has 2 N–H and O–H groups in total. The van der Waals surface area contributed by atoms with Crippen LogP contribution in [0.1, 0.15) is 37.3 Å². The van der Waals surface area contributed by atoms with E-state index in [-0.39, 0.29) is 36.8 Å². The number of hydrogen-bond acceptors (Lipinski definition) is 4. The Bertz CT molecular complexity index is 549. The SMILES string of the molecule is COc1cccc(C(CNC(=O)CNCC2CC2)N2CCCC2)c1.Cl.Cl. The summed E-state index contributed by atoms with van der Waals surface area (Å²) in [4.78, 5) is 14.6. The van der Waals surface area contributed by atoms with Gasteiger partial charge in [0.2, 0.25) is 5.91 Å². The summed E-state index contributed by atoms with van der Waals surface area (Å²) >= 11 is 0. The number of ether oxygens (including phenoxy) is 1. The predicted molar refractivity (Wildman–Crippen MR) is 110 cm³/mol. The summed E-state index contributed by atoms with van der Waals surface area (Å²) in [6.45, 7) is 4.23. The average Bonchev–Trinajstić information content (AvgIpc) is 3.27. The number of rotatable bonds is 9. The minimum Gasteiger partial charge on any atom is -0.497 e. The van der Waals surface area contributed by atoms with Crippen molar-refractivity contribution in [3.8, 4) is 5.75 Å². The van der Waals surface area contributed by atoms with Crippen molar-refractivity contribution in [3.05, 3.63) is 29.8 Å². The maximum Gasteiger partial charge on any atom is 0.234 e. The first kappa shape index (κ1) is 23.0. The number of nitrogens with one attached hydrogen (secondary N) is 2. The first-order valence-electron chi connectivity index (χ1n) is 9.11. The molecule has 148 valence electrons. The van der Waals surface area contributed by atoms with Gasteiger partial charge >= 0.3 is 0 Å². The van der Waals surface area contributed by atoms with Crippen LogP contribution in [0.4, 0.5) is 0 Å². The number of nitrogens with zero attached hydrogens (tertiary/aromatic N) is 1. The molecular formula is C19H31Cl2N3O2. The van der Waals surface area contributed by atoms with Crippen LogP contribution in [0.5, 0.6) is 5.75 Å². The molecule has 2 fully saturated rings. The molecule has 0 spiro atoms. The van der Waals surface area contributed by atoms with E-state index < -0.39 is 0 Å². The second-order valence-electron chi connectivity index (χ2n) is 6.91. The van der Waals surface area contributed by atoms with Crippen LogP contribution in [-0.2, 0) is 4.79 Å². The fraction of sp³-hybridized carbons (Fsp3) is 0.632. The van der Waals surface area contributed by atoms with Gasteiger partial charge in [-0.3, -0.25) is 9.69 Å². The highest BCUT2D eigenvalue weighted by Gasteiger charge is 2.24. The van der Waals surface area contributed by atoms with Crippen LogP contribution in [0.15, 0.2) is 24.3 Å². The molecule has 1 aliphatic heterocycles. The number of likely N-dealkylation sites (tertiary alicyclic amines) is 1. The number of carbonyl (C=O) groups is 1. The molecule has 1 aromatic rings. The van der Waals surface area contributed by atoms with Gasteiger partial charge in [-0.05, 0) is 68.9 Å². The zero-order chi connectivity index (χ0) is 16.8. The number of halogens is 2. The van der Waals surface area contributed by atoms with Gasteiger partial charge in [-0.15, -0.1) is 24.8 Å². The van der Waals surface area contributed by atoms with E-state index in [1.807, 2.05) is 12.1 Å². The van der Waals surface area contributed by atoms with Gasteiger partial charge in [0, 0.05) is 6.54 Å². The normalized spacial score (nSPS) is 17.7. The Hall–Kier alpha value is -1.01. The molecule has 26 heavy (non-hydrogen) atoms. The summed E-state index contributed by atoms with van der Waals surface area (Å²) in [5.41, 5.74) is 1.21. The van der Waals surface area contributed by atoms with Crippen LogP contribution in [0.25, 0.3) is 0 Å². The summed E-state index contributed by atoms with van der Waals surface area (Å²) in [5, 5.41) is 6.36. The highest BCUT2D eigenvalue weighted by atomic mass is 35.5. The minimum absolute atomic E-state index is 0. The van der Waals surface area contributed by atoms with E-state index in [9.17, 15) is 4.79 Å². The lowest BCUT2D eigenvalue weighted by Crippen LogP contribution is -2.40. The summed E-state index contributed by atoms with van der Waals surface area (Å²) in [7, 11) is 1.69. The monoisotopic (exact) mass is 403 g/mol. The first-order valence-corrected chi connectivity index (χ1v) is 9.11. The molecule has 1 amide bonds. The fourth-order valence-corrected chi connectivity index (χ4v) is 3.34. The van der Waals surface area contributed by atoms with Gasteiger partial charge in [-0.1, -0.05) is 12.1 Å². The van der Waals surface area contributed by atoms with Crippen molar-refractivity contribution in [1.29, 1.82) is 0 Å². The molecule has 5 nitrogen and oxygen atoms in total. The van der Waals surface area contributed by atoms with Crippen molar-refractivity contribution in [2.75, 3.05) is 39.8 Å².